The Labute approximate surface area is 113 Å². The fraction of sp³-hybridized carbons (Fsp3) is 0.400. The fourth-order valence-corrected chi connectivity index (χ4v) is 3.36. The molecule has 1 aromatic carbocycles. The Balaban J connectivity index is 2.26. The van der Waals surface area contributed by atoms with Crippen molar-refractivity contribution in [3.05, 3.63) is 50.5 Å². The second-order valence-corrected chi connectivity index (χ2v) is 6.13. The Morgan fingerprint density at radius 2 is 1.78 bits per heavy atom. The van der Waals surface area contributed by atoms with E-state index in [0.717, 1.165) is 17.1 Å². The minimum Gasteiger partial charge on any atom is -0.323 e. The van der Waals surface area contributed by atoms with Gasteiger partial charge in [0.1, 0.15) is 0 Å². The third-order valence-corrected chi connectivity index (χ3v) is 4.29. The van der Waals surface area contributed by atoms with Gasteiger partial charge in [0.2, 0.25) is 0 Å². The lowest BCUT2D eigenvalue weighted by Crippen LogP contribution is -2.03. The van der Waals surface area contributed by atoms with Crippen molar-refractivity contribution in [2.24, 2.45) is 5.73 Å². The number of thiazole rings is 1. The summed E-state index contributed by atoms with van der Waals surface area (Å²) in [5.41, 5.74) is 11.0. The molecular formula is C15H20N2S. The molecule has 1 aromatic heterocycles. The van der Waals surface area contributed by atoms with Crippen LogP contribution in [0.5, 0.6) is 0 Å². The molecule has 0 aliphatic rings. The van der Waals surface area contributed by atoms with E-state index in [1.54, 1.807) is 11.3 Å². The summed E-state index contributed by atoms with van der Waals surface area (Å²) in [5.74, 6) is 0. The van der Waals surface area contributed by atoms with Crippen molar-refractivity contribution in [1.82, 2.24) is 4.98 Å². The van der Waals surface area contributed by atoms with Crippen LogP contribution in [0.4, 0.5) is 0 Å². The molecule has 96 valence electrons. The van der Waals surface area contributed by atoms with Gasteiger partial charge in [-0.15, -0.1) is 11.3 Å². The summed E-state index contributed by atoms with van der Waals surface area (Å²) in [6, 6.07) is 6.74. The number of rotatable bonds is 3. The molecule has 2 aromatic rings. The van der Waals surface area contributed by atoms with Gasteiger partial charge in [-0.3, -0.25) is 0 Å². The summed E-state index contributed by atoms with van der Waals surface area (Å²) in [6.45, 7) is 8.33. The first-order valence-electron chi connectivity index (χ1n) is 6.24. The lowest BCUT2D eigenvalue weighted by Gasteiger charge is -2.03. The molecule has 18 heavy (non-hydrogen) atoms. The molecular weight excluding hydrogens is 240 g/mol. The zero-order chi connectivity index (χ0) is 13.3. The summed E-state index contributed by atoms with van der Waals surface area (Å²) < 4.78 is 0. The molecule has 0 aliphatic heterocycles. The van der Waals surface area contributed by atoms with E-state index in [-0.39, 0.29) is 6.04 Å². The van der Waals surface area contributed by atoms with Crippen molar-refractivity contribution in [2.75, 3.05) is 0 Å². The van der Waals surface area contributed by atoms with Gasteiger partial charge in [-0.05, 0) is 33.3 Å². The van der Waals surface area contributed by atoms with Crippen LogP contribution in [0.15, 0.2) is 18.2 Å². The maximum Gasteiger partial charge on any atom is 0.0975 e. The third-order valence-electron chi connectivity index (χ3n) is 2.93. The van der Waals surface area contributed by atoms with Gasteiger partial charge < -0.3 is 5.73 Å². The molecule has 0 aliphatic carbocycles. The highest BCUT2D eigenvalue weighted by molar-refractivity contribution is 7.11. The molecule has 0 radical (unpaired) electrons. The van der Waals surface area contributed by atoms with Crippen LogP contribution in [0.1, 0.15) is 45.2 Å². The molecule has 2 nitrogen and oxygen atoms in total. The van der Waals surface area contributed by atoms with Crippen molar-refractivity contribution >= 4 is 11.3 Å². The number of hydrogen-bond acceptors (Lipinski definition) is 3. The molecule has 1 atom stereocenters. The minimum atomic E-state index is 0.0792. The predicted octanol–water partition coefficient (Wildman–Crippen LogP) is 3.68. The van der Waals surface area contributed by atoms with Crippen LogP contribution in [-0.2, 0) is 6.42 Å². The Morgan fingerprint density at radius 3 is 2.28 bits per heavy atom. The van der Waals surface area contributed by atoms with Gasteiger partial charge in [-0.1, -0.05) is 29.3 Å². The monoisotopic (exact) mass is 260 g/mol. The zero-order valence-corrected chi connectivity index (χ0v) is 12.3. The zero-order valence-electron chi connectivity index (χ0n) is 11.4. The second kappa shape index (κ2) is 5.21. The van der Waals surface area contributed by atoms with E-state index in [1.165, 1.54) is 21.6 Å². The first-order valence-corrected chi connectivity index (χ1v) is 7.06. The van der Waals surface area contributed by atoms with E-state index in [0.29, 0.717) is 0 Å². The predicted molar refractivity (Wildman–Crippen MR) is 78.2 cm³/mol. The highest BCUT2D eigenvalue weighted by Crippen LogP contribution is 2.25. The van der Waals surface area contributed by atoms with Gasteiger partial charge in [0.15, 0.2) is 0 Å². The number of nitrogens with two attached hydrogens (primary N) is 1. The average Bonchev–Trinajstić information content (AvgIpc) is 2.57. The Bertz CT molecular complexity index is 535. The van der Waals surface area contributed by atoms with Crippen LogP contribution in [0.2, 0.25) is 0 Å². The highest BCUT2D eigenvalue weighted by Gasteiger charge is 2.11. The molecule has 0 saturated heterocycles. The molecule has 0 fully saturated rings. The van der Waals surface area contributed by atoms with Gasteiger partial charge in [-0.2, -0.15) is 0 Å². The van der Waals surface area contributed by atoms with Crippen molar-refractivity contribution in [3.8, 4) is 0 Å². The van der Waals surface area contributed by atoms with E-state index >= 15 is 0 Å². The average molecular weight is 260 g/mol. The van der Waals surface area contributed by atoms with Crippen LogP contribution < -0.4 is 5.73 Å². The van der Waals surface area contributed by atoms with Gasteiger partial charge in [-0.25, -0.2) is 4.98 Å². The lowest BCUT2D eigenvalue weighted by atomic mass is 10.1. The Hall–Kier alpha value is -1.19. The molecule has 3 heteroatoms. The van der Waals surface area contributed by atoms with E-state index in [1.807, 2.05) is 13.8 Å². The van der Waals surface area contributed by atoms with Crippen molar-refractivity contribution in [3.63, 3.8) is 0 Å². The standard InChI is InChI=1S/C15H20N2S/c1-9-5-10(2)7-13(6-9)8-14-17-12(4)15(18-14)11(3)16/h5-7,11H,8,16H2,1-4H3. The van der Waals surface area contributed by atoms with Crippen LogP contribution in [-0.4, -0.2) is 4.98 Å². The number of aromatic nitrogens is 1. The first kappa shape index (κ1) is 13.2. The number of nitrogens with zero attached hydrogens (tertiary/aromatic N) is 1. The number of benzene rings is 1. The van der Waals surface area contributed by atoms with E-state index in [2.05, 4.69) is 37.0 Å². The maximum atomic E-state index is 5.94. The van der Waals surface area contributed by atoms with Crippen molar-refractivity contribution in [1.29, 1.82) is 0 Å². The topological polar surface area (TPSA) is 38.9 Å². The molecule has 2 rings (SSSR count). The summed E-state index contributed by atoms with van der Waals surface area (Å²) in [4.78, 5) is 5.83. The minimum absolute atomic E-state index is 0.0792. The van der Waals surface area contributed by atoms with Crippen LogP contribution in [0.3, 0.4) is 0 Å². The molecule has 2 N–H and O–H groups in total. The number of hydrogen-bond donors (Lipinski definition) is 1. The van der Waals surface area contributed by atoms with Crippen molar-refractivity contribution in [2.45, 2.75) is 40.2 Å². The summed E-state index contributed by atoms with van der Waals surface area (Å²) in [6.07, 6.45) is 0.904. The van der Waals surface area contributed by atoms with Gasteiger partial charge in [0.25, 0.3) is 0 Å². The highest BCUT2D eigenvalue weighted by atomic mass is 32.1. The summed E-state index contributed by atoms with van der Waals surface area (Å²) >= 11 is 1.74. The van der Waals surface area contributed by atoms with Crippen molar-refractivity contribution < 1.29 is 0 Å². The van der Waals surface area contributed by atoms with Gasteiger partial charge in [0, 0.05) is 17.3 Å². The molecule has 0 spiro atoms. The normalized spacial score (nSPS) is 12.7. The van der Waals surface area contributed by atoms with Gasteiger partial charge >= 0.3 is 0 Å². The molecule has 0 saturated carbocycles. The quantitative estimate of drug-likeness (QED) is 0.914. The van der Waals surface area contributed by atoms with E-state index in [4.69, 9.17) is 5.73 Å². The van der Waals surface area contributed by atoms with E-state index in [9.17, 15) is 0 Å². The molecule has 0 bridgehead atoms. The molecule has 0 amide bonds. The van der Waals surface area contributed by atoms with Crippen LogP contribution >= 0.6 is 11.3 Å². The summed E-state index contributed by atoms with van der Waals surface area (Å²) in [7, 11) is 0. The smallest absolute Gasteiger partial charge is 0.0975 e. The van der Waals surface area contributed by atoms with E-state index < -0.39 is 0 Å². The van der Waals surface area contributed by atoms with Crippen LogP contribution in [0.25, 0.3) is 0 Å². The lowest BCUT2D eigenvalue weighted by molar-refractivity contribution is 0.825. The SMILES string of the molecule is Cc1cc(C)cc(Cc2nc(C)c(C(C)N)s2)c1. The second-order valence-electron chi connectivity index (χ2n) is 5.02. The Kier molecular flexibility index (Phi) is 3.83. The number of aryl methyl sites for hydroxylation is 3. The largest absolute Gasteiger partial charge is 0.323 e. The molecule has 1 unspecified atom stereocenters. The fourth-order valence-electron chi connectivity index (χ4n) is 2.31. The maximum absolute atomic E-state index is 5.94. The summed E-state index contributed by atoms with van der Waals surface area (Å²) in [5, 5.41) is 1.16. The van der Waals surface area contributed by atoms with Gasteiger partial charge in [0.05, 0.1) is 10.7 Å². The third kappa shape index (κ3) is 2.98. The van der Waals surface area contributed by atoms with Crippen LogP contribution in [0, 0.1) is 20.8 Å². The molecule has 1 heterocycles. The first-order chi connectivity index (χ1) is 8.45. The Morgan fingerprint density at radius 1 is 1.17 bits per heavy atom.